The molecule has 9 heteroatoms. The summed E-state index contributed by atoms with van der Waals surface area (Å²) >= 11 is 12.0. The van der Waals surface area contributed by atoms with Crippen molar-refractivity contribution in [2.45, 2.75) is 26.5 Å². The molecule has 0 aliphatic rings. The number of hydrogen-bond acceptors (Lipinski definition) is 5. The largest absolute Gasteiger partial charge is 0.486 e. The van der Waals surface area contributed by atoms with Crippen molar-refractivity contribution in [1.29, 1.82) is 0 Å². The minimum absolute atomic E-state index is 0.125. The van der Waals surface area contributed by atoms with Gasteiger partial charge in [0.05, 0.1) is 16.8 Å². The Morgan fingerprint density at radius 1 is 1.22 bits per heavy atom. The number of tetrazole rings is 1. The zero-order valence-corrected chi connectivity index (χ0v) is 16.2. The highest BCUT2D eigenvalue weighted by molar-refractivity contribution is 6.36. The molecule has 1 heterocycles. The van der Waals surface area contributed by atoms with Gasteiger partial charge in [0, 0.05) is 10.6 Å². The van der Waals surface area contributed by atoms with Gasteiger partial charge in [-0.05, 0) is 60.7 Å². The smallest absolute Gasteiger partial charge is 0.255 e. The average Bonchev–Trinajstić information content (AvgIpc) is 3.11. The van der Waals surface area contributed by atoms with Crippen LogP contribution < -0.4 is 10.1 Å². The van der Waals surface area contributed by atoms with Crippen molar-refractivity contribution in [3.8, 4) is 5.75 Å². The quantitative estimate of drug-likeness (QED) is 0.657. The van der Waals surface area contributed by atoms with E-state index in [0.717, 1.165) is 0 Å². The fourth-order valence-corrected chi connectivity index (χ4v) is 2.82. The van der Waals surface area contributed by atoms with Crippen LogP contribution in [0.25, 0.3) is 0 Å². The lowest BCUT2D eigenvalue weighted by Crippen LogP contribution is -2.13. The van der Waals surface area contributed by atoms with Crippen molar-refractivity contribution >= 4 is 34.8 Å². The second-order valence-corrected chi connectivity index (χ2v) is 6.87. The molecule has 0 aliphatic heterocycles. The zero-order chi connectivity index (χ0) is 19.4. The average molecular weight is 406 g/mol. The number of nitrogens with zero attached hydrogens (tertiary/aromatic N) is 4. The first kappa shape index (κ1) is 19.1. The minimum atomic E-state index is -0.309. The standard InChI is InChI=1S/C18H17Cl2N5O2/c1-11(2)25-17(22-23-24-25)10-27-14-5-3-4-12(8-14)18(26)21-16-7-6-13(19)9-15(16)20/h3-9,11H,10H2,1-2H3,(H,21,26). The summed E-state index contributed by atoms with van der Waals surface area (Å²) in [6.07, 6.45) is 0. The molecule has 1 aromatic heterocycles. The molecule has 140 valence electrons. The number of hydrogen-bond donors (Lipinski definition) is 1. The molecule has 1 amide bonds. The first-order valence-electron chi connectivity index (χ1n) is 8.20. The molecule has 27 heavy (non-hydrogen) atoms. The van der Waals surface area contributed by atoms with Crippen molar-refractivity contribution in [1.82, 2.24) is 20.2 Å². The Kier molecular flexibility index (Phi) is 5.93. The summed E-state index contributed by atoms with van der Waals surface area (Å²) in [7, 11) is 0. The van der Waals surface area contributed by atoms with Crippen LogP contribution >= 0.6 is 23.2 Å². The van der Waals surface area contributed by atoms with E-state index in [1.54, 1.807) is 47.1 Å². The molecule has 0 atom stereocenters. The van der Waals surface area contributed by atoms with Crippen LogP contribution in [0.3, 0.4) is 0 Å². The van der Waals surface area contributed by atoms with Crippen molar-refractivity contribution in [2.75, 3.05) is 5.32 Å². The lowest BCUT2D eigenvalue weighted by Gasteiger charge is -2.11. The maximum absolute atomic E-state index is 12.5. The first-order valence-corrected chi connectivity index (χ1v) is 8.95. The molecule has 2 aromatic carbocycles. The fraction of sp³-hybridized carbons (Fsp3) is 0.222. The number of anilines is 1. The number of nitrogens with one attached hydrogen (secondary N) is 1. The van der Waals surface area contributed by atoms with Crippen LogP contribution in [-0.4, -0.2) is 26.1 Å². The third-order valence-corrected chi connectivity index (χ3v) is 4.24. The normalized spacial score (nSPS) is 10.9. The molecular formula is C18H17Cl2N5O2. The SMILES string of the molecule is CC(C)n1nnnc1COc1cccc(C(=O)Nc2ccc(Cl)cc2Cl)c1. The number of amides is 1. The van der Waals surface area contributed by atoms with E-state index in [4.69, 9.17) is 27.9 Å². The number of aromatic nitrogens is 4. The Balaban J connectivity index is 1.69. The highest BCUT2D eigenvalue weighted by atomic mass is 35.5. The van der Waals surface area contributed by atoms with Gasteiger partial charge in [0.2, 0.25) is 0 Å². The molecule has 7 nitrogen and oxygen atoms in total. The Morgan fingerprint density at radius 2 is 2.04 bits per heavy atom. The van der Waals surface area contributed by atoms with Gasteiger partial charge in [0.25, 0.3) is 5.91 Å². The van der Waals surface area contributed by atoms with Crippen LogP contribution in [0.15, 0.2) is 42.5 Å². The monoisotopic (exact) mass is 405 g/mol. The van der Waals surface area contributed by atoms with Crippen molar-refractivity contribution in [2.24, 2.45) is 0 Å². The summed E-state index contributed by atoms with van der Waals surface area (Å²) in [5.74, 6) is 0.827. The van der Waals surface area contributed by atoms with Gasteiger partial charge in [-0.2, -0.15) is 0 Å². The van der Waals surface area contributed by atoms with Gasteiger partial charge in [-0.15, -0.1) is 5.10 Å². The molecule has 3 aromatic rings. The Bertz CT molecular complexity index is 958. The second-order valence-electron chi connectivity index (χ2n) is 6.03. The number of benzene rings is 2. The molecule has 3 rings (SSSR count). The highest BCUT2D eigenvalue weighted by Gasteiger charge is 2.12. The van der Waals surface area contributed by atoms with Gasteiger partial charge in [0.15, 0.2) is 5.82 Å². The second kappa shape index (κ2) is 8.37. The van der Waals surface area contributed by atoms with Gasteiger partial charge in [-0.1, -0.05) is 29.3 Å². The molecule has 0 aliphatic carbocycles. The van der Waals surface area contributed by atoms with Gasteiger partial charge < -0.3 is 10.1 Å². The molecule has 0 radical (unpaired) electrons. The van der Waals surface area contributed by atoms with Gasteiger partial charge in [0.1, 0.15) is 12.4 Å². The van der Waals surface area contributed by atoms with E-state index in [0.29, 0.717) is 32.9 Å². The van der Waals surface area contributed by atoms with Crippen molar-refractivity contribution in [3.63, 3.8) is 0 Å². The third-order valence-electron chi connectivity index (χ3n) is 3.69. The van der Waals surface area contributed by atoms with Crippen LogP contribution in [0.4, 0.5) is 5.69 Å². The van der Waals surface area contributed by atoms with Crippen LogP contribution in [-0.2, 0) is 6.61 Å². The predicted octanol–water partition coefficient (Wildman–Crippen LogP) is 4.39. The van der Waals surface area contributed by atoms with Crippen molar-refractivity contribution in [3.05, 3.63) is 63.9 Å². The number of halogens is 2. The predicted molar refractivity (Wildman–Crippen MR) is 103 cm³/mol. The maximum Gasteiger partial charge on any atom is 0.255 e. The van der Waals surface area contributed by atoms with E-state index in [2.05, 4.69) is 20.8 Å². The highest BCUT2D eigenvalue weighted by Crippen LogP contribution is 2.26. The summed E-state index contributed by atoms with van der Waals surface area (Å²) < 4.78 is 7.41. The van der Waals surface area contributed by atoms with Crippen LogP contribution in [0.1, 0.15) is 36.1 Å². The summed E-state index contributed by atoms with van der Waals surface area (Å²) in [6, 6.07) is 11.8. The number of carbonyl (C=O) groups is 1. The fourth-order valence-electron chi connectivity index (χ4n) is 2.37. The number of rotatable bonds is 6. The topological polar surface area (TPSA) is 81.9 Å². The van der Waals surface area contributed by atoms with Crippen LogP contribution in [0, 0.1) is 0 Å². The lowest BCUT2D eigenvalue weighted by atomic mass is 10.2. The molecule has 0 saturated heterocycles. The van der Waals surface area contributed by atoms with Gasteiger partial charge in [-0.25, -0.2) is 4.68 Å². The first-order chi connectivity index (χ1) is 12.9. The lowest BCUT2D eigenvalue weighted by molar-refractivity contribution is 0.102. The maximum atomic E-state index is 12.5. The Labute approximate surface area is 166 Å². The number of carbonyl (C=O) groups excluding carboxylic acids is 1. The summed E-state index contributed by atoms with van der Waals surface area (Å²) in [6.45, 7) is 4.15. The van der Waals surface area contributed by atoms with E-state index < -0.39 is 0 Å². The Hall–Kier alpha value is -2.64. The van der Waals surface area contributed by atoms with Crippen molar-refractivity contribution < 1.29 is 9.53 Å². The van der Waals surface area contributed by atoms with E-state index in [-0.39, 0.29) is 18.6 Å². The molecular weight excluding hydrogens is 389 g/mol. The molecule has 0 fully saturated rings. The molecule has 0 saturated carbocycles. The molecule has 1 N–H and O–H groups in total. The van der Waals surface area contributed by atoms with E-state index in [1.807, 2.05) is 13.8 Å². The van der Waals surface area contributed by atoms with E-state index in [1.165, 1.54) is 0 Å². The molecule has 0 spiro atoms. The summed E-state index contributed by atoms with van der Waals surface area (Å²) in [5, 5.41) is 15.2. The number of ether oxygens (including phenoxy) is 1. The summed E-state index contributed by atoms with van der Waals surface area (Å²) in [4.78, 5) is 12.5. The third kappa shape index (κ3) is 4.75. The van der Waals surface area contributed by atoms with Gasteiger partial charge in [-0.3, -0.25) is 4.79 Å². The zero-order valence-electron chi connectivity index (χ0n) is 14.7. The summed E-state index contributed by atoms with van der Waals surface area (Å²) in [5.41, 5.74) is 0.912. The minimum Gasteiger partial charge on any atom is -0.486 e. The van der Waals surface area contributed by atoms with Gasteiger partial charge >= 0.3 is 0 Å². The van der Waals surface area contributed by atoms with Crippen LogP contribution in [0.2, 0.25) is 10.0 Å². The van der Waals surface area contributed by atoms with E-state index >= 15 is 0 Å². The van der Waals surface area contributed by atoms with E-state index in [9.17, 15) is 4.79 Å². The van der Waals surface area contributed by atoms with Crippen LogP contribution in [0.5, 0.6) is 5.75 Å². The molecule has 0 bridgehead atoms. The molecule has 0 unspecified atom stereocenters. The Morgan fingerprint density at radius 3 is 2.78 bits per heavy atom.